The van der Waals surface area contributed by atoms with Gasteiger partial charge in [0.2, 0.25) is 5.91 Å². The number of hydrogen-bond donors (Lipinski definition) is 1. The van der Waals surface area contributed by atoms with Gasteiger partial charge in [-0.2, -0.15) is 0 Å². The standard InChI is InChI=1S/C9H8ClF2NO/c1-5(10)9(14)13-6-2-3-7(11)8(12)4-6/h2-5H,1H3,(H,13,14)/t5-/m1/s1. The summed E-state index contributed by atoms with van der Waals surface area (Å²) in [7, 11) is 0. The van der Waals surface area contributed by atoms with Crippen LogP contribution in [0.3, 0.4) is 0 Å². The molecule has 0 unspecified atom stereocenters. The number of alkyl halides is 1. The fourth-order valence-corrected chi connectivity index (χ4v) is 0.870. The number of anilines is 1. The molecule has 1 N–H and O–H groups in total. The number of carbonyl (C=O) groups is 1. The Hall–Kier alpha value is -1.16. The molecule has 1 aromatic carbocycles. The van der Waals surface area contributed by atoms with E-state index in [9.17, 15) is 13.6 Å². The van der Waals surface area contributed by atoms with Gasteiger partial charge in [-0.25, -0.2) is 8.78 Å². The van der Waals surface area contributed by atoms with Crippen molar-refractivity contribution in [2.24, 2.45) is 0 Å². The second kappa shape index (κ2) is 4.37. The molecule has 0 spiro atoms. The molecule has 14 heavy (non-hydrogen) atoms. The molecular formula is C9H8ClF2NO. The molecule has 0 radical (unpaired) electrons. The van der Waals surface area contributed by atoms with Crippen LogP contribution < -0.4 is 5.32 Å². The van der Waals surface area contributed by atoms with Crippen molar-refractivity contribution in [2.75, 3.05) is 5.32 Å². The summed E-state index contributed by atoms with van der Waals surface area (Å²) in [5.74, 6) is -2.43. The molecular weight excluding hydrogens is 212 g/mol. The SMILES string of the molecule is C[C@@H](Cl)C(=O)Nc1ccc(F)c(F)c1. The molecule has 0 saturated heterocycles. The lowest BCUT2D eigenvalue weighted by Crippen LogP contribution is -2.20. The van der Waals surface area contributed by atoms with Crippen LogP contribution in [0.1, 0.15) is 6.92 Å². The molecule has 0 fully saturated rings. The van der Waals surface area contributed by atoms with E-state index < -0.39 is 22.9 Å². The van der Waals surface area contributed by atoms with E-state index in [1.54, 1.807) is 0 Å². The van der Waals surface area contributed by atoms with Crippen molar-refractivity contribution in [3.05, 3.63) is 29.8 Å². The van der Waals surface area contributed by atoms with E-state index in [2.05, 4.69) is 5.32 Å². The molecule has 2 nitrogen and oxygen atoms in total. The Kier molecular flexibility index (Phi) is 3.41. The fraction of sp³-hybridized carbons (Fsp3) is 0.222. The van der Waals surface area contributed by atoms with Crippen molar-refractivity contribution in [1.29, 1.82) is 0 Å². The highest BCUT2D eigenvalue weighted by atomic mass is 35.5. The van der Waals surface area contributed by atoms with Crippen molar-refractivity contribution in [1.82, 2.24) is 0 Å². The van der Waals surface area contributed by atoms with Gasteiger partial charge in [0.25, 0.3) is 0 Å². The summed E-state index contributed by atoms with van der Waals surface area (Å²) in [5.41, 5.74) is 0.182. The molecule has 0 aliphatic heterocycles. The second-order valence-electron chi connectivity index (χ2n) is 2.73. The predicted octanol–water partition coefficient (Wildman–Crippen LogP) is 2.53. The minimum absolute atomic E-state index is 0.182. The quantitative estimate of drug-likeness (QED) is 0.761. The first-order chi connectivity index (χ1) is 6.50. The topological polar surface area (TPSA) is 29.1 Å². The van der Waals surface area contributed by atoms with Gasteiger partial charge in [0.05, 0.1) is 0 Å². The lowest BCUT2D eigenvalue weighted by Gasteiger charge is -2.06. The van der Waals surface area contributed by atoms with Crippen LogP contribution in [0.2, 0.25) is 0 Å². The molecule has 0 aliphatic carbocycles. The summed E-state index contributed by atoms with van der Waals surface area (Å²) in [6.45, 7) is 1.48. The third-order valence-corrected chi connectivity index (χ3v) is 1.75. The molecule has 0 bridgehead atoms. The van der Waals surface area contributed by atoms with E-state index in [4.69, 9.17) is 11.6 Å². The summed E-state index contributed by atoms with van der Waals surface area (Å²) in [6, 6.07) is 3.09. The van der Waals surface area contributed by atoms with E-state index in [0.29, 0.717) is 0 Å². The third kappa shape index (κ3) is 2.67. The Bertz CT molecular complexity index is 355. The van der Waals surface area contributed by atoms with Crippen molar-refractivity contribution in [3.8, 4) is 0 Å². The summed E-state index contributed by atoms with van der Waals surface area (Å²) in [4.78, 5) is 11.0. The van der Waals surface area contributed by atoms with E-state index in [1.807, 2.05) is 0 Å². The van der Waals surface area contributed by atoms with Crippen LogP contribution in [-0.2, 0) is 4.79 Å². The lowest BCUT2D eigenvalue weighted by atomic mass is 10.3. The Morgan fingerprint density at radius 2 is 2.07 bits per heavy atom. The minimum Gasteiger partial charge on any atom is -0.325 e. The van der Waals surface area contributed by atoms with Crippen LogP contribution in [-0.4, -0.2) is 11.3 Å². The number of halogens is 3. The van der Waals surface area contributed by atoms with Crippen molar-refractivity contribution < 1.29 is 13.6 Å². The maximum absolute atomic E-state index is 12.7. The number of amides is 1. The highest BCUT2D eigenvalue weighted by Crippen LogP contribution is 2.13. The van der Waals surface area contributed by atoms with Gasteiger partial charge in [-0.05, 0) is 19.1 Å². The Morgan fingerprint density at radius 3 is 2.57 bits per heavy atom. The first-order valence-electron chi connectivity index (χ1n) is 3.90. The number of benzene rings is 1. The van der Waals surface area contributed by atoms with E-state index in [0.717, 1.165) is 12.1 Å². The zero-order chi connectivity index (χ0) is 10.7. The van der Waals surface area contributed by atoms with Crippen LogP contribution in [0, 0.1) is 11.6 Å². The Labute approximate surface area is 84.9 Å². The van der Waals surface area contributed by atoms with Gasteiger partial charge in [-0.15, -0.1) is 11.6 Å². The second-order valence-corrected chi connectivity index (χ2v) is 3.39. The average molecular weight is 220 g/mol. The largest absolute Gasteiger partial charge is 0.325 e. The van der Waals surface area contributed by atoms with E-state index in [-0.39, 0.29) is 5.69 Å². The number of hydrogen-bond acceptors (Lipinski definition) is 1. The number of carbonyl (C=O) groups excluding carboxylic acids is 1. The number of nitrogens with one attached hydrogen (secondary N) is 1. The minimum atomic E-state index is -1.01. The average Bonchev–Trinajstić information content (AvgIpc) is 2.11. The third-order valence-electron chi connectivity index (χ3n) is 1.55. The summed E-state index contributed by atoms with van der Waals surface area (Å²) in [6.07, 6.45) is 0. The summed E-state index contributed by atoms with van der Waals surface area (Å²) in [5, 5.41) is 1.61. The van der Waals surface area contributed by atoms with E-state index >= 15 is 0 Å². The van der Waals surface area contributed by atoms with Gasteiger partial charge in [0.1, 0.15) is 5.38 Å². The summed E-state index contributed by atoms with van der Waals surface area (Å²) >= 11 is 5.47. The van der Waals surface area contributed by atoms with Crippen LogP contribution >= 0.6 is 11.6 Å². The van der Waals surface area contributed by atoms with E-state index in [1.165, 1.54) is 13.0 Å². The van der Waals surface area contributed by atoms with Gasteiger partial charge in [-0.3, -0.25) is 4.79 Å². The zero-order valence-electron chi connectivity index (χ0n) is 7.35. The molecule has 1 atom stereocenters. The monoisotopic (exact) mass is 219 g/mol. The molecule has 0 aromatic heterocycles. The maximum Gasteiger partial charge on any atom is 0.242 e. The normalized spacial score (nSPS) is 12.3. The predicted molar refractivity (Wildman–Crippen MR) is 50.3 cm³/mol. The molecule has 0 saturated carbocycles. The van der Waals surface area contributed by atoms with Crippen LogP contribution in [0.5, 0.6) is 0 Å². The lowest BCUT2D eigenvalue weighted by molar-refractivity contribution is -0.115. The molecule has 5 heteroatoms. The zero-order valence-corrected chi connectivity index (χ0v) is 8.11. The van der Waals surface area contributed by atoms with Crippen LogP contribution in [0.25, 0.3) is 0 Å². The highest BCUT2D eigenvalue weighted by Gasteiger charge is 2.10. The molecule has 1 rings (SSSR count). The van der Waals surface area contributed by atoms with Gasteiger partial charge in [-0.1, -0.05) is 0 Å². The van der Waals surface area contributed by atoms with Gasteiger partial charge in [0, 0.05) is 11.8 Å². The van der Waals surface area contributed by atoms with Gasteiger partial charge >= 0.3 is 0 Å². The van der Waals surface area contributed by atoms with Crippen molar-refractivity contribution in [2.45, 2.75) is 12.3 Å². The highest BCUT2D eigenvalue weighted by molar-refractivity contribution is 6.32. The van der Waals surface area contributed by atoms with Gasteiger partial charge in [0.15, 0.2) is 11.6 Å². The van der Waals surface area contributed by atoms with Crippen molar-refractivity contribution in [3.63, 3.8) is 0 Å². The smallest absolute Gasteiger partial charge is 0.242 e. The van der Waals surface area contributed by atoms with Gasteiger partial charge < -0.3 is 5.32 Å². The molecule has 1 aromatic rings. The maximum atomic E-state index is 12.7. The number of rotatable bonds is 2. The van der Waals surface area contributed by atoms with Crippen molar-refractivity contribution >= 4 is 23.2 Å². The van der Waals surface area contributed by atoms with Crippen LogP contribution in [0.15, 0.2) is 18.2 Å². The Morgan fingerprint density at radius 1 is 1.43 bits per heavy atom. The van der Waals surface area contributed by atoms with Crippen LogP contribution in [0.4, 0.5) is 14.5 Å². The fourth-order valence-electron chi connectivity index (χ4n) is 0.816. The first kappa shape index (κ1) is 10.9. The molecule has 0 heterocycles. The molecule has 1 amide bonds. The first-order valence-corrected chi connectivity index (χ1v) is 4.34. The molecule has 76 valence electrons. The summed E-state index contributed by atoms with van der Waals surface area (Å²) < 4.78 is 25.2. The Balaban J connectivity index is 2.78. The molecule has 0 aliphatic rings.